The second-order valence-corrected chi connectivity index (χ2v) is 6.86. The van der Waals surface area contributed by atoms with E-state index in [4.69, 9.17) is 4.74 Å². The number of ether oxygens (including phenoxy) is 1. The summed E-state index contributed by atoms with van der Waals surface area (Å²) in [5, 5.41) is 5.15. The average molecular weight is 345 g/mol. The van der Waals surface area contributed by atoms with E-state index in [0.29, 0.717) is 6.04 Å². The summed E-state index contributed by atoms with van der Waals surface area (Å²) in [5.74, 6) is 1.08. The molecule has 0 saturated carbocycles. The molecule has 128 valence electrons. The molecule has 2 fully saturated rings. The maximum absolute atomic E-state index is 5.29. The highest BCUT2D eigenvalue weighted by molar-refractivity contribution is 7.80. The van der Waals surface area contributed by atoms with Crippen LogP contribution >= 0.6 is 12.6 Å². The Morgan fingerprint density at radius 1 is 1.12 bits per heavy atom. The Labute approximate surface area is 147 Å². The van der Waals surface area contributed by atoms with E-state index in [2.05, 4.69) is 44.6 Å². The van der Waals surface area contributed by atoms with Gasteiger partial charge in [0.15, 0.2) is 0 Å². The minimum absolute atomic E-state index is 0.640. The Morgan fingerprint density at radius 3 is 2.54 bits per heavy atom. The highest BCUT2D eigenvalue weighted by Crippen LogP contribution is 2.18. The Bertz CT molecular complexity index is 662. The van der Waals surface area contributed by atoms with E-state index < -0.39 is 0 Å². The Morgan fingerprint density at radius 2 is 1.96 bits per heavy atom. The number of anilines is 1. The molecule has 0 spiro atoms. The molecule has 4 heterocycles. The first-order valence-corrected chi connectivity index (χ1v) is 8.97. The lowest BCUT2D eigenvalue weighted by molar-refractivity contribution is -0.0661. The molecular formula is C17H23N5OS. The molecule has 0 radical (unpaired) electrons. The van der Waals surface area contributed by atoms with E-state index in [-0.39, 0.29) is 0 Å². The fraction of sp³-hybridized carbons (Fsp3) is 0.529. The zero-order valence-corrected chi connectivity index (χ0v) is 14.6. The van der Waals surface area contributed by atoms with Crippen molar-refractivity contribution in [2.24, 2.45) is 0 Å². The van der Waals surface area contributed by atoms with Crippen LogP contribution in [0.25, 0.3) is 0 Å². The number of nitrogens with zero attached hydrogens (tertiary/aromatic N) is 5. The van der Waals surface area contributed by atoms with Crippen molar-refractivity contribution < 1.29 is 4.74 Å². The summed E-state index contributed by atoms with van der Waals surface area (Å²) in [7, 11) is 0. The van der Waals surface area contributed by atoms with Gasteiger partial charge in [-0.1, -0.05) is 6.07 Å². The van der Waals surface area contributed by atoms with E-state index in [1.165, 1.54) is 5.56 Å². The zero-order valence-electron chi connectivity index (χ0n) is 13.7. The third-order valence-corrected chi connectivity index (χ3v) is 5.27. The molecule has 0 aromatic carbocycles. The number of thiol groups is 1. The molecule has 0 N–H and O–H groups in total. The first-order chi connectivity index (χ1) is 11.8. The van der Waals surface area contributed by atoms with Gasteiger partial charge in [-0.2, -0.15) is 5.10 Å². The summed E-state index contributed by atoms with van der Waals surface area (Å²) < 4.78 is 7.19. The minimum atomic E-state index is 0.640. The Hall–Kier alpha value is -1.57. The van der Waals surface area contributed by atoms with Crippen LogP contribution in [0.2, 0.25) is 0 Å². The summed E-state index contributed by atoms with van der Waals surface area (Å²) in [4.78, 5) is 9.57. The van der Waals surface area contributed by atoms with Gasteiger partial charge in [-0.25, -0.2) is 4.98 Å². The van der Waals surface area contributed by atoms with Crippen LogP contribution in [0.1, 0.15) is 5.56 Å². The Balaban J connectivity index is 1.30. The summed E-state index contributed by atoms with van der Waals surface area (Å²) in [6, 6.07) is 6.86. The predicted octanol–water partition coefficient (Wildman–Crippen LogP) is 1.33. The SMILES string of the molecule is Sc1ccnn1CCc1ccc(N2CCN(C3COC3)CC2)nc1. The number of pyridine rings is 1. The van der Waals surface area contributed by atoms with Crippen LogP contribution in [0.3, 0.4) is 0 Å². The normalized spacial score (nSPS) is 19.5. The molecule has 2 aromatic rings. The molecule has 0 unspecified atom stereocenters. The molecule has 2 aliphatic rings. The molecule has 4 rings (SSSR count). The predicted molar refractivity (Wildman–Crippen MR) is 95.8 cm³/mol. The monoisotopic (exact) mass is 345 g/mol. The maximum Gasteiger partial charge on any atom is 0.128 e. The van der Waals surface area contributed by atoms with Crippen molar-refractivity contribution in [2.45, 2.75) is 24.0 Å². The van der Waals surface area contributed by atoms with E-state index >= 15 is 0 Å². The van der Waals surface area contributed by atoms with Crippen LogP contribution in [-0.4, -0.2) is 65.1 Å². The molecule has 0 atom stereocenters. The van der Waals surface area contributed by atoms with E-state index in [9.17, 15) is 0 Å². The summed E-state index contributed by atoms with van der Waals surface area (Å²) in [6.45, 7) is 6.91. The molecule has 0 amide bonds. The lowest BCUT2D eigenvalue weighted by atomic mass is 10.1. The van der Waals surface area contributed by atoms with Gasteiger partial charge in [-0.3, -0.25) is 9.58 Å². The number of hydrogen-bond donors (Lipinski definition) is 1. The van der Waals surface area contributed by atoms with Crippen molar-refractivity contribution in [3.63, 3.8) is 0 Å². The van der Waals surface area contributed by atoms with Crippen LogP contribution in [0.15, 0.2) is 35.6 Å². The van der Waals surface area contributed by atoms with Crippen molar-refractivity contribution in [1.29, 1.82) is 0 Å². The molecule has 2 aromatic heterocycles. The number of aryl methyl sites for hydroxylation is 2. The first kappa shape index (κ1) is 15.9. The maximum atomic E-state index is 5.29. The van der Waals surface area contributed by atoms with Crippen LogP contribution in [0, 0.1) is 0 Å². The zero-order chi connectivity index (χ0) is 16.4. The second kappa shape index (κ2) is 7.13. The summed E-state index contributed by atoms with van der Waals surface area (Å²) in [6.07, 6.45) is 4.68. The number of rotatable bonds is 5. The molecule has 24 heavy (non-hydrogen) atoms. The standard InChI is InChI=1S/C17H23N5OS/c24-17-3-5-19-22(17)6-4-14-1-2-16(18-11-14)21-9-7-20(8-10-21)15-12-23-13-15/h1-3,5,11,15,24H,4,6-10,12-13H2. The topological polar surface area (TPSA) is 46.4 Å². The van der Waals surface area contributed by atoms with Crippen molar-refractivity contribution in [3.8, 4) is 0 Å². The Kier molecular flexibility index (Phi) is 4.73. The van der Waals surface area contributed by atoms with Crippen LogP contribution < -0.4 is 4.90 Å². The van der Waals surface area contributed by atoms with Gasteiger partial charge in [-0.15, -0.1) is 12.6 Å². The smallest absolute Gasteiger partial charge is 0.128 e. The fourth-order valence-electron chi connectivity index (χ4n) is 3.23. The van der Waals surface area contributed by atoms with Gasteiger partial charge >= 0.3 is 0 Å². The van der Waals surface area contributed by atoms with Gasteiger partial charge in [0.25, 0.3) is 0 Å². The van der Waals surface area contributed by atoms with Gasteiger partial charge in [0.2, 0.25) is 0 Å². The van der Waals surface area contributed by atoms with Crippen molar-refractivity contribution in [3.05, 3.63) is 36.2 Å². The molecule has 7 heteroatoms. The van der Waals surface area contributed by atoms with Gasteiger partial charge in [0.05, 0.1) is 30.5 Å². The lowest BCUT2D eigenvalue weighted by Crippen LogP contribution is -2.56. The van der Waals surface area contributed by atoms with E-state index in [0.717, 1.165) is 63.2 Å². The van der Waals surface area contributed by atoms with Gasteiger partial charge in [0.1, 0.15) is 5.82 Å². The largest absolute Gasteiger partial charge is 0.378 e. The third kappa shape index (κ3) is 3.43. The highest BCUT2D eigenvalue weighted by atomic mass is 32.1. The number of piperazine rings is 1. The van der Waals surface area contributed by atoms with E-state index in [1.807, 2.05) is 16.9 Å². The number of hydrogen-bond acceptors (Lipinski definition) is 6. The molecule has 6 nitrogen and oxygen atoms in total. The summed E-state index contributed by atoms with van der Waals surface area (Å²) >= 11 is 4.38. The first-order valence-electron chi connectivity index (χ1n) is 8.52. The van der Waals surface area contributed by atoms with E-state index in [1.54, 1.807) is 6.20 Å². The lowest BCUT2D eigenvalue weighted by Gasteiger charge is -2.42. The second-order valence-electron chi connectivity index (χ2n) is 6.40. The van der Waals surface area contributed by atoms with Crippen LogP contribution in [0.4, 0.5) is 5.82 Å². The van der Waals surface area contributed by atoms with Gasteiger partial charge in [-0.05, 0) is 24.1 Å². The molecular weight excluding hydrogens is 322 g/mol. The van der Waals surface area contributed by atoms with Crippen LogP contribution in [0.5, 0.6) is 0 Å². The molecule has 2 aliphatic heterocycles. The van der Waals surface area contributed by atoms with Gasteiger partial charge in [0, 0.05) is 38.9 Å². The van der Waals surface area contributed by atoms with Crippen molar-refractivity contribution in [2.75, 3.05) is 44.3 Å². The number of aromatic nitrogens is 3. The van der Waals surface area contributed by atoms with Crippen molar-refractivity contribution in [1.82, 2.24) is 19.7 Å². The third-order valence-electron chi connectivity index (χ3n) is 4.89. The molecule has 0 bridgehead atoms. The van der Waals surface area contributed by atoms with Crippen molar-refractivity contribution >= 4 is 18.4 Å². The highest BCUT2D eigenvalue weighted by Gasteiger charge is 2.29. The minimum Gasteiger partial charge on any atom is -0.378 e. The molecule has 0 aliphatic carbocycles. The fourth-order valence-corrected chi connectivity index (χ4v) is 3.45. The summed E-state index contributed by atoms with van der Waals surface area (Å²) in [5.41, 5.74) is 1.23. The van der Waals surface area contributed by atoms with Crippen LogP contribution in [-0.2, 0) is 17.7 Å². The van der Waals surface area contributed by atoms with Gasteiger partial charge < -0.3 is 9.64 Å². The quantitative estimate of drug-likeness (QED) is 0.829. The molecule has 2 saturated heterocycles. The average Bonchev–Trinajstić information content (AvgIpc) is 2.98.